The summed E-state index contributed by atoms with van der Waals surface area (Å²) in [4.78, 5) is 21.2. The SMILES string of the molecule is CSc1sc(C)cc1C1C(C#N)=C(N)N(c2cccnc2)C2=C1C(=O)CC(c1ccccc1)C2. The Labute approximate surface area is 207 Å². The molecule has 2 atom stereocenters. The summed E-state index contributed by atoms with van der Waals surface area (Å²) in [5, 5.41) is 10.3. The Hall–Kier alpha value is -3.34. The van der Waals surface area contributed by atoms with Crippen LogP contribution in [0.4, 0.5) is 5.69 Å². The molecule has 1 aliphatic carbocycles. The van der Waals surface area contributed by atoms with Gasteiger partial charge >= 0.3 is 0 Å². The molecule has 7 heteroatoms. The molecule has 2 aromatic heterocycles. The molecule has 1 aliphatic heterocycles. The number of pyridine rings is 1. The fraction of sp³-hybridized carbons (Fsp3) is 0.222. The van der Waals surface area contributed by atoms with E-state index in [2.05, 4.69) is 36.2 Å². The van der Waals surface area contributed by atoms with Crippen LogP contribution < -0.4 is 10.6 Å². The number of aryl methyl sites for hydroxylation is 1. The van der Waals surface area contributed by atoms with Crippen molar-refractivity contribution in [2.24, 2.45) is 5.73 Å². The van der Waals surface area contributed by atoms with Crippen LogP contribution in [0.5, 0.6) is 0 Å². The summed E-state index contributed by atoms with van der Waals surface area (Å²) in [6, 6.07) is 18.4. The number of aromatic nitrogens is 1. The Morgan fingerprint density at radius 2 is 2.00 bits per heavy atom. The number of thioether (sulfide) groups is 1. The molecule has 2 N–H and O–H groups in total. The van der Waals surface area contributed by atoms with Crippen LogP contribution in [-0.4, -0.2) is 17.0 Å². The number of nitrogens with two attached hydrogens (primary N) is 1. The third-order valence-electron chi connectivity index (χ3n) is 6.49. The van der Waals surface area contributed by atoms with Crippen LogP contribution in [0.25, 0.3) is 0 Å². The normalized spacial score (nSPS) is 20.4. The molecule has 34 heavy (non-hydrogen) atoms. The monoisotopic (exact) mass is 484 g/mol. The van der Waals surface area contributed by atoms with Crippen LogP contribution in [0.1, 0.15) is 40.7 Å². The quantitative estimate of drug-likeness (QED) is 0.466. The van der Waals surface area contributed by atoms with E-state index in [-0.39, 0.29) is 11.7 Å². The number of carbonyl (C=O) groups is 1. The topological polar surface area (TPSA) is 83.0 Å². The lowest BCUT2D eigenvalue weighted by molar-refractivity contribution is -0.116. The van der Waals surface area contributed by atoms with Crippen LogP contribution in [0, 0.1) is 18.3 Å². The molecule has 0 bridgehead atoms. The van der Waals surface area contributed by atoms with Crippen molar-refractivity contribution in [3.8, 4) is 6.07 Å². The second kappa shape index (κ2) is 9.13. The molecule has 1 aromatic carbocycles. The van der Waals surface area contributed by atoms with E-state index in [1.807, 2.05) is 41.5 Å². The number of rotatable bonds is 4. The molecular formula is C27H24N4OS2. The van der Waals surface area contributed by atoms with E-state index in [9.17, 15) is 10.1 Å². The lowest BCUT2D eigenvalue weighted by Crippen LogP contribution is -2.40. The van der Waals surface area contributed by atoms with Crippen LogP contribution in [0.2, 0.25) is 0 Å². The van der Waals surface area contributed by atoms with Gasteiger partial charge in [0.05, 0.1) is 33.7 Å². The van der Waals surface area contributed by atoms with Crippen molar-refractivity contribution < 1.29 is 4.79 Å². The zero-order chi connectivity index (χ0) is 23.8. The van der Waals surface area contributed by atoms with Gasteiger partial charge < -0.3 is 5.73 Å². The average molecular weight is 485 g/mol. The number of anilines is 1. The highest BCUT2D eigenvalue weighted by molar-refractivity contribution is 8.00. The maximum atomic E-state index is 13.9. The Morgan fingerprint density at radius 1 is 1.21 bits per heavy atom. The summed E-state index contributed by atoms with van der Waals surface area (Å²) in [7, 11) is 0. The molecule has 0 amide bonds. The predicted molar refractivity (Wildman–Crippen MR) is 138 cm³/mol. The first-order chi connectivity index (χ1) is 16.5. The van der Waals surface area contributed by atoms with E-state index in [0.29, 0.717) is 29.8 Å². The first-order valence-electron chi connectivity index (χ1n) is 11.1. The van der Waals surface area contributed by atoms with Crippen LogP contribution >= 0.6 is 23.1 Å². The Morgan fingerprint density at radius 3 is 2.68 bits per heavy atom. The van der Waals surface area contributed by atoms with Crippen molar-refractivity contribution in [3.05, 3.63) is 99.6 Å². The van der Waals surface area contributed by atoms with E-state index >= 15 is 0 Å². The molecule has 0 saturated heterocycles. The fourth-order valence-corrected chi connectivity index (χ4v) is 6.97. The van der Waals surface area contributed by atoms with E-state index in [1.165, 1.54) is 0 Å². The van der Waals surface area contributed by atoms with Crippen molar-refractivity contribution in [1.82, 2.24) is 4.98 Å². The molecule has 0 fully saturated rings. The van der Waals surface area contributed by atoms with Crippen LogP contribution in [-0.2, 0) is 4.79 Å². The minimum atomic E-state index is -0.454. The molecule has 170 valence electrons. The minimum absolute atomic E-state index is 0.0490. The second-order valence-electron chi connectivity index (χ2n) is 8.49. The Balaban J connectivity index is 1.74. The maximum Gasteiger partial charge on any atom is 0.162 e. The van der Waals surface area contributed by atoms with Gasteiger partial charge in [-0.2, -0.15) is 5.26 Å². The van der Waals surface area contributed by atoms with Gasteiger partial charge in [-0.3, -0.25) is 14.7 Å². The summed E-state index contributed by atoms with van der Waals surface area (Å²) in [5.74, 6) is 0.0410. The third-order valence-corrected chi connectivity index (χ3v) is 8.70. The number of allylic oxidation sites excluding steroid dienone is 3. The highest BCUT2D eigenvalue weighted by Gasteiger charge is 2.43. The molecule has 5 rings (SSSR count). The fourth-order valence-electron chi connectivity index (χ4n) is 5.06. The lowest BCUT2D eigenvalue weighted by Gasteiger charge is -2.41. The van der Waals surface area contributed by atoms with Crippen molar-refractivity contribution >= 4 is 34.6 Å². The molecule has 3 aromatic rings. The van der Waals surface area contributed by atoms with E-state index in [4.69, 9.17) is 5.73 Å². The van der Waals surface area contributed by atoms with Crippen molar-refractivity contribution in [1.29, 1.82) is 5.26 Å². The molecule has 0 radical (unpaired) electrons. The lowest BCUT2D eigenvalue weighted by atomic mass is 9.72. The number of nitriles is 1. The van der Waals surface area contributed by atoms with Crippen molar-refractivity contribution in [2.75, 3.05) is 11.2 Å². The minimum Gasteiger partial charge on any atom is -0.384 e. The first kappa shape index (κ1) is 22.5. The molecule has 0 spiro atoms. The van der Waals surface area contributed by atoms with Gasteiger partial charge in [0, 0.05) is 28.8 Å². The zero-order valence-corrected chi connectivity index (χ0v) is 20.6. The van der Waals surface area contributed by atoms with Gasteiger partial charge in [-0.15, -0.1) is 23.1 Å². The highest BCUT2D eigenvalue weighted by atomic mass is 32.2. The molecular weight excluding hydrogens is 460 g/mol. The predicted octanol–water partition coefficient (Wildman–Crippen LogP) is 5.87. The average Bonchev–Trinajstić information content (AvgIpc) is 3.24. The highest BCUT2D eigenvalue weighted by Crippen LogP contribution is 2.51. The summed E-state index contributed by atoms with van der Waals surface area (Å²) in [5.41, 5.74) is 11.6. The summed E-state index contributed by atoms with van der Waals surface area (Å²) < 4.78 is 1.11. The smallest absolute Gasteiger partial charge is 0.162 e. The number of benzene rings is 1. The number of Topliss-reactive ketones (excluding diaryl/α,β-unsaturated/α-hetero) is 1. The van der Waals surface area contributed by atoms with Crippen molar-refractivity contribution in [3.63, 3.8) is 0 Å². The van der Waals surface area contributed by atoms with E-state index < -0.39 is 5.92 Å². The summed E-state index contributed by atoms with van der Waals surface area (Å²) in [6.45, 7) is 2.06. The number of carbonyl (C=O) groups excluding carboxylic acids is 1. The van der Waals surface area contributed by atoms with Gasteiger partial charge in [-0.25, -0.2) is 0 Å². The third kappa shape index (κ3) is 3.73. The molecule has 2 aliphatic rings. The molecule has 2 unspecified atom stereocenters. The Kier molecular flexibility index (Phi) is 6.03. The standard InChI is InChI=1S/C27H24N4OS2/c1-16-11-20(27(33-2)34-16)24-21(14-28)26(29)31(19-9-6-10-30-15-19)22-12-18(13-23(32)25(22)24)17-7-4-3-5-8-17/h3-11,15,18,24H,12-13,29H2,1-2H3. The molecule has 3 heterocycles. The van der Waals surface area contributed by atoms with E-state index in [1.54, 1.807) is 35.5 Å². The largest absolute Gasteiger partial charge is 0.384 e. The molecule has 5 nitrogen and oxygen atoms in total. The number of nitrogens with zero attached hydrogens (tertiary/aromatic N) is 3. The van der Waals surface area contributed by atoms with Gasteiger partial charge in [0.15, 0.2) is 5.78 Å². The zero-order valence-electron chi connectivity index (χ0n) is 19.0. The number of hydrogen-bond donors (Lipinski definition) is 1. The van der Waals surface area contributed by atoms with Crippen LogP contribution in [0.3, 0.4) is 0 Å². The van der Waals surface area contributed by atoms with Gasteiger partial charge in [0.1, 0.15) is 5.82 Å². The molecule has 0 saturated carbocycles. The van der Waals surface area contributed by atoms with Gasteiger partial charge in [0.2, 0.25) is 0 Å². The number of ketones is 1. The van der Waals surface area contributed by atoms with E-state index in [0.717, 1.165) is 31.6 Å². The van der Waals surface area contributed by atoms with Gasteiger partial charge in [-0.05, 0) is 54.8 Å². The number of thiophene rings is 1. The summed E-state index contributed by atoms with van der Waals surface area (Å²) >= 11 is 3.34. The van der Waals surface area contributed by atoms with Gasteiger partial charge in [0.25, 0.3) is 0 Å². The first-order valence-corrected chi connectivity index (χ1v) is 13.1. The van der Waals surface area contributed by atoms with Crippen LogP contribution in [0.15, 0.2) is 87.8 Å². The van der Waals surface area contributed by atoms with Gasteiger partial charge in [-0.1, -0.05) is 30.3 Å². The number of hydrogen-bond acceptors (Lipinski definition) is 7. The summed E-state index contributed by atoms with van der Waals surface area (Å²) in [6.07, 6.45) is 6.53. The Bertz CT molecular complexity index is 1350. The maximum absolute atomic E-state index is 13.9. The van der Waals surface area contributed by atoms with Crippen molar-refractivity contribution in [2.45, 2.75) is 35.8 Å². The second-order valence-corrected chi connectivity index (χ2v) is 10.8.